The summed E-state index contributed by atoms with van der Waals surface area (Å²) in [5.74, 6) is -0.698. The minimum absolute atomic E-state index is 0.0109. The molecule has 1 aliphatic heterocycles. The number of carbonyl (C=O) groups is 1. The van der Waals surface area contributed by atoms with Gasteiger partial charge in [0.15, 0.2) is 0 Å². The van der Waals surface area contributed by atoms with Crippen molar-refractivity contribution >= 4 is 11.7 Å². The predicted octanol–water partition coefficient (Wildman–Crippen LogP) is 2.23. The second-order valence-corrected chi connectivity index (χ2v) is 4.35. The Balaban J connectivity index is 1.94. The van der Waals surface area contributed by atoms with Gasteiger partial charge in [0.1, 0.15) is 19.0 Å². The second-order valence-electron chi connectivity index (χ2n) is 4.35. The maximum Gasteiger partial charge on any atom is 0.328 e. The van der Waals surface area contributed by atoms with Gasteiger partial charge in [0, 0.05) is 23.5 Å². The first kappa shape index (κ1) is 12.5. The van der Waals surface area contributed by atoms with Crippen LogP contribution >= 0.6 is 0 Å². The fourth-order valence-electron chi connectivity index (χ4n) is 2.03. The number of carbonyl (C=O) groups excluding carboxylic acids is 1. The molecule has 0 radical (unpaired) electrons. The fraction of sp³-hybridized carbons (Fsp3) is 0.133. The Hall–Kier alpha value is -2.56. The van der Waals surface area contributed by atoms with Crippen LogP contribution < -0.4 is 0 Å². The van der Waals surface area contributed by atoms with Crippen molar-refractivity contribution in [3.63, 3.8) is 0 Å². The number of ether oxygens (including phenoxy) is 1. The first-order chi connectivity index (χ1) is 9.74. The number of hydrogen-bond donors (Lipinski definition) is 0. The van der Waals surface area contributed by atoms with Crippen molar-refractivity contribution in [3.8, 4) is 11.1 Å². The number of rotatable bonds is 2. The summed E-state index contributed by atoms with van der Waals surface area (Å²) in [5, 5.41) is 0. The van der Waals surface area contributed by atoms with E-state index >= 15 is 0 Å². The Bertz CT molecular complexity index is 684. The average Bonchev–Trinajstić information content (AvgIpc) is 2.49. The highest BCUT2D eigenvalue weighted by molar-refractivity contribution is 6.04. The predicted molar refractivity (Wildman–Crippen MR) is 72.0 cm³/mol. The van der Waals surface area contributed by atoms with E-state index in [9.17, 15) is 9.18 Å². The summed E-state index contributed by atoms with van der Waals surface area (Å²) in [6.07, 6.45) is 3.24. The Morgan fingerprint density at radius 3 is 2.55 bits per heavy atom. The van der Waals surface area contributed by atoms with Gasteiger partial charge in [-0.05, 0) is 23.8 Å². The van der Waals surface area contributed by atoms with Crippen LogP contribution in [0.5, 0.6) is 0 Å². The van der Waals surface area contributed by atoms with E-state index in [0.717, 1.165) is 5.56 Å². The molecule has 5 heteroatoms. The Morgan fingerprint density at radius 1 is 1.10 bits per heavy atom. The monoisotopic (exact) mass is 270 g/mol. The van der Waals surface area contributed by atoms with E-state index in [1.165, 1.54) is 6.07 Å². The number of pyridine rings is 1. The first-order valence-corrected chi connectivity index (χ1v) is 6.13. The smallest absolute Gasteiger partial charge is 0.328 e. The highest BCUT2D eigenvalue weighted by atomic mass is 19.1. The molecular weight excluding hydrogens is 259 g/mol. The topological polar surface area (TPSA) is 51.5 Å². The van der Waals surface area contributed by atoms with Gasteiger partial charge < -0.3 is 4.74 Å². The maximum absolute atomic E-state index is 14.2. The van der Waals surface area contributed by atoms with Crippen LogP contribution in [0, 0.1) is 5.82 Å². The van der Waals surface area contributed by atoms with Gasteiger partial charge in [-0.25, -0.2) is 4.39 Å². The van der Waals surface area contributed by atoms with Crippen LogP contribution in [0.25, 0.3) is 11.1 Å². The number of halogens is 1. The number of aromatic nitrogens is 1. The maximum atomic E-state index is 14.2. The van der Waals surface area contributed by atoms with Crippen LogP contribution in [-0.2, 0) is 9.53 Å². The largest absolute Gasteiger partial charge is 0.458 e. The molecule has 1 aliphatic rings. The standard InChI is InChI=1S/C15H11FN2O2/c16-13-7-11(14-9-20-15(19)8-18-14)1-2-12(13)10-3-5-17-6-4-10/h1-7H,8-9H2. The summed E-state index contributed by atoms with van der Waals surface area (Å²) >= 11 is 0. The van der Waals surface area contributed by atoms with Crippen molar-refractivity contribution in [1.29, 1.82) is 0 Å². The molecule has 0 fully saturated rings. The lowest BCUT2D eigenvalue weighted by Crippen LogP contribution is -2.23. The molecular formula is C15H11FN2O2. The summed E-state index contributed by atoms with van der Waals surface area (Å²) in [6.45, 7) is 0.0793. The molecule has 2 aromatic rings. The molecule has 0 unspecified atom stereocenters. The SMILES string of the molecule is O=C1CN=C(c2ccc(-c3ccncc3)c(F)c2)CO1. The molecule has 20 heavy (non-hydrogen) atoms. The van der Waals surface area contributed by atoms with E-state index in [1.54, 1.807) is 36.7 Å². The number of hydrogen-bond acceptors (Lipinski definition) is 4. The van der Waals surface area contributed by atoms with Crippen molar-refractivity contribution in [2.45, 2.75) is 0 Å². The van der Waals surface area contributed by atoms with Gasteiger partial charge in [-0.15, -0.1) is 0 Å². The molecule has 0 saturated carbocycles. The molecule has 0 bridgehead atoms. The van der Waals surface area contributed by atoms with E-state index in [1.807, 2.05) is 0 Å². The Kier molecular flexibility index (Phi) is 3.25. The molecule has 1 aromatic heterocycles. The normalized spacial score (nSPS) is 14.7. The highest BCUT2D eigenvalue weighted by Gasteiger charge is 2.15. The molecule has 100 valence electrons. The fourth-order valence-corrected chi connectivity index (χ4v) is 2.03. The lowest BCUT2D eigenvalue weighted by atomic mass is 10.0. The highest BCUT2D eigenvalue weighted by Crippen LogP contribution is 2.23. The lowest BCUT2D eigenvalue weighted by Gasteiger charge is -2.13. The van der Waals surface area contributed by atoms with Gasteiger partial charge in [0.2, 0.25) is 0 Å². The van der Waals surface area contributed by atoms with E-state index in [-0.39, 0.29) is 24.9 Å². The Morgan fingerprint density at radius 2 is 1.90 bits per heavy atom. The van der Waals surface area contributed by atoms with Crippen LogP contribution in [0.1, 0.15) is 5.56 Å². The first-order valence-electron chi connectivity index (χ1n) is 6.13. The molecule has 0 amide bonds. The molecule has 3 rings (SSSR count). The molecule has 1 aromatic carbocycles. The van der Waals surface area contributed by atoms with Gasteiger partial charge in [-0.3, -0.25) is 14.8 Å². The molecule has 0 spiro atoms. The summed E-state index contributed by atoms with van der Waals surface area (Å²) in [4.78, 5) is 18.9. The number of benzene rings is 1. The van der Waals surface area contributed by atoms with Crippen LogP contribution in [0.4, 0.5) is 4.39 Å². The number of cyclic esters (lactones) is 1. The third kappa shape index (κ3) is 2.42. The molecule has 0 aliphatic carbocycles. The van der Waals surface area contributed by atoms with Gasteiger partial charge in [-0.1, -0.05) is 12.1 Å². The molecule has 4 nitrogen and oxygen atoms in total. The molecule has 0 saturated heterocycles. The zero-order chi connectivity index (χ0) is 13.9. The van der Waals surface area contributed by atoms with Gasteiger partial charge in [0.25, 0.3) is 0 Å². The summed E-state index contributed by atoms with van der Waals surface area (Å²) in [7, 11) is 0. The third-order valence-electron chi connectivity index (χ3n) is 3.06. The lowest BCUT2D eigenvalue weighted by molar-refractivity contribution is -0.140. The van der Waals surface area contributed by atoms with Gasteiger partial charge in [-0.2, -0.15) is 0 Å². The quantitative estimate of drug-likeness (QED) is 0.786. The van der Waals surface area contributed by atoms with Crippen molar-refractivity contribution in [1.82, 2.24) is 4.98 Å². The van der Waals surface area contributed by atoms with Crippen molar-refractivity contribution in [2.24, 2.45) is 4.99 Å². The van der Waals surface area contributed by atoms with E-state index in [4.69, 9.17) is 4.74 Å². The van der Waals surface area contributed by atoms with Gasteiger partial charge >= 0.3 is 5.97 Å². The summed E-state index contributed by atoms with van der Waals surface area (Å²) in [5.41, 5.74) is 2.49. The van der Waals surface area contributed by atoms with Crippen molar-refractivity contribution in [2.75, 3.05) is 13.2 Å². The average molecular weight is 270 g/mol. The third-order valence-corrected chi connectivity index (χ3v) is 3.06. The minimum atomic E-state index is -0.359. The number of aliphatic imine (C=N–C) groups is 1. The van der Waals surface area contributed by atoms with Crippen LogP contribution in [0.15, 0.2) is 47.7 Å². The summed E-state index contributed by atoms with van der Waals surface area (Å²) in [6, 6.07) is 8.37. The van der Waals surface area contributed by atoms with Crippen LogP contribution in [0.2, 0.25) is 0 Å². The Labute approximate surface area is 114 Å². The van der Waals surface area contributed by atoms with Crippen LogP contribution in [0.3, 0.4) is 0 Å². The zero-order valence-corrected chi connectivity index (χ0v) is 10.5. The van der Waals surface area contributed by atoms with Crippen LogP contribution in [-0.4, -0.2) is 29.8 Å². The van der Waals surface area contributed by atoms with Gasteiger partial charge in [0.05, 0.1) is 5.71 Å². The van der Waals surface area contributed by atoms with E-state index < -0.39 is 0 Å². The van der Waals surface area contributed by atoms with E-state index in [2.05, 4.69) is 9.98 Å². The summed E-state index contributed by atoms with van der Waals surface area (Å²) < 4.78 is 19.1. The second kappa shape index (κ2) is 5.21. The molecule has 0 N–H and O–H groups in total. The van der Waals surface area contributed by atoms with E-state index in [0.29, 0.717) is 16.8 Å². The number of esters is 1. The molecule has 0 atom stereocenters. The zero-order valence-electron chi connectivity index (χ0n) is 10.5. The number of nitrogens with zero attached hydrogens (tertiary/aromatic N) is 2. The van der Waals surface area contributed by atoms with Crippen molar-refractivity contribution < 1.29 is 13.9 Å². The van der Waals surface area contributed by atoms with Crippen molar-refractivity contribution in [3.05, 3.63) is 54.1 Å². The minimum Gasteiger partial charge on any atom is -0.458 e. The molecule has 2 heterocycles.